The van der Waals surface area contributed by atoms with Crippen molar-refractivity contribution in [2.45, 2.75) is 31.8 Å². The first-order chi connectivity index (χ1) is 14.2. The number of hydrogen-bond acceptors (Lipinski definition) is 7. The number of aromatic nitrogens is 4. The van der Waals surface area contributed by atoms with Crippen LogP contribution in [0.1, 0.15) is 19.3 Å². The third-order valence-electron chi connectivity index (χ3n) is 5.96. The fraction of sp³-hybridized carbons (Fsp3) is 0.600. The molecule has 3 heterocycles. The number of aryl methyl sites for hydroxylation is 1. The van der Waals surface area contributed by atoms with Crippen LogP contribution in [0.3, 0.4) is 0 Å². The van der Waals surface area contributed by atoms with Crippen molar-refractivity contribution in [2.75, 3.05) is 51.3 Å². The molecule has 1 aromatic carbocycles. The third-order valence-corrected chi connectivity index (χ3v) is 5.96. The topological polar surface area (TPSA) is 79.6 Å². The van der Waals surface area contributed by atoms with Crippen LogP contribution in [-0.4, -0.2) is 88.3 Å². The van der Waals surface area contributed by atoms with E-state index in [2.05, 4.69) is 37.5 Å². The van der Waals surface area contributed by atoms with Gasteiger partial charge in [-0.3, -0.25) is 9.69 Å². The van der Waals surface area contributed by atoms with Crippen molar-refractivity contribution in [3.8, 4) is 5.75 Å². The van der Waals surface area contributed by atoms with E-state index < -0.39 is 0 Å². The van der Waals surface area contributed by atoms with Crippen molar-refractivity contribution < 1.29 is 9.53 Å². The molecular formula is C20H29N7O2. The van der Waals surface area contributed by atoms with E-state index in [1.54, 1.807) is 18.1 Å². The van der Waals surface area contributed by atoms with E-state index in [-0.39, 0.29) is 5.91 Å². The second kappa shape index (κ2) is 9.21. The Hall–Kier alpha value is -2.68. The number of amides is 1. The molecule has 0 unspecified atom stereocenters. The first-order valence-corrected chi connectivity index (χ1v) is 10.3. The molecule has 2 fully saturated rings. The lowest BCUT2D eigenvalue weighted by Gasteiger charge is -2.44. The summed E-state index contributed by atoms with van der Waals surface area (Å²) in [5.74, 6) is 1.08. The van der Waals surface area contributed by atoms with E-state index in [4.69, 9.17) is 4.74 Å². The molecule has 0 saturated carbocycles. The molecule has 2 aliphatic rings. The Kier molecular flexibility index (Phi) is 6.24. The first-order valence-electron chi connectivity index (χ1n) is 10.3. The Bertz CT molecular complexity index is 773. The van der Waals surface area contributed by atoms with Crippen LogP contribution < -0.4 is 9.64 Å². The number of methoxy groups -OCH3 is 1. The van der Waals surface area contributed by atoms with Gasteiger partial charge in [0.2, 0.25) is 5.91 Å². The summed E-state index contributed by atoms with van der Waals surface area (Å²) in [5.41, 5.74) is 1.24. The number of anilines is 1. The third kappa shape index (κ3) is 4.84. The Morgan fingerprint density at radius 1 is 1.14 bits per heavy atom. The van der Waals surface area contributed by atoms with Gasteiger partial charge in [-0.1, -0.05) is 0 Å². The highest BCUT2D eigenvalue weighted by Crippen LogP contribution is 2.23. The maximum atomic E-state index is 12.6. The maximum absolute atomic E-state index is 12.6. The number of ether oxygens (including phenoxy) is 1. The number of rotatable bonds is 6. The summed E-state index contributed by atoms with van der Waals surface area (Å²) < 4.78 is 6.86. The first kappa shape index (κ1) is 19.6. The van der Waals surface area contributed by atoms with Crippen LogP contribution in [0.25, 0.3) is 0 Å². The van der Waals surface area contributed by atoms with Gasteiger partial charge in [0.1, 0.15) is 12.1 Å². The molecule has 0 bridgehead atoms. The highest BCUT2D eigenvalue weighted by Gasteiger charge is 2.29. The number of carbonyl (C=O) groups excluding carboxylic acids is 1. The van der Waals surface area contributed by atoms with Crippen molar-refractivity contribution >= 4 is 11.6 Å². The van der Waals surface area contributed by atoms with E-state index in [1.165, 1.54) is 12.1 Å². The van der Waals surface area contributed by atoms with E-state index >= 15 is 0 Å². The van der Waals surface area contributed by atoms with Crippen molar-refractivity contribution in [3.63, 3.8) is 0 Å². The zero-order valence-electron chi connectivity index (χ0n) is 17.0. The quantitative estimate of drug-likeness (QED) is 0.714. The van der Waals surface area contributed by atoms with Crippen molar-refractivity contribution in [1.82, 2.24) is 30.0 Å². The molecule has 2 aromatic rings. The molecule has 9 heteroatoms. The van der Waals surface area contributed by atoms with E-state index in [0.717, 1.165) is 51.4 Å². The van der Waals surface area contributed by atoms with Crippen LogP contribution in [0, 0.1) is 0 Å². The van der Waals surface area contributed by atoms with E-state index in [0.29, 0.717) is 19.0 Å². The Morgan fingerprint density at radius 2 is 1.93 bits per heavy atom. The smallest absolute Gasteiger partial charge is 0.224 e. The molecule has 1 amide bonds. The summed E-state index contributed by atoms with van der Waals surface area (Å²) in [6.07, 6.45) is 4.23. The van der Waals surface area contributed by atoms with E-state index in [9.17, 15) is 4.79 Å². The fourth-order valence-electron chi connectivity index (χ4n) is 4.27. The second-order valence-corrected chi connectivity index (χ2v) is 7.68. The van der Waals surface area contributed by atoms with Crippen LogP contribution >= 0.6 is 0 Å². The lowest BCUT2D eigenvalue weighted by molar-refractivity contribution is -0.133. The zero-order valence-corrected chi connectivity index (χ0v) is 17.0. The van der Waals surface area contributed by atoms with Gasteiger partial charge in [-0.2, -0.15) is 0 Å². The maximum Gasteiger partial charge on any atom is 0.224 e. The summed E-state index contributed by atoms with van der Waals surface area (Å²) >= 11 is 0. The number of benzene rings is 1. The Labute approximate surface area is 171 Å². The largest absolute Gasteiger partial charge is 0.497 e. The highest BCUT2D eigenvalue weighted by atomic mass is 16.5. The number of nitrogens with zero attached hydrogens (tertiary/aromatic N) is 7. The molecule has 1 aromatic heterocycles. The van der Waals surface area contributed by atoms with Crippen LogP contribution in [-0.2, 0) is 11.3 Å². The fourth-order valence-corrected chi connectivity index (χ4v) is 4.27. The molecule has 2 saturated heterocycles. The molecule has 9 nitrogen and oxygen atoms in total. The standard InChI is InChI=1S/C20H29N7O2/c1-29-19-6-4-17(5-7-19)24-11-13-25(14-12-24)18-3-2-9-26(15-18)20(28)8-10-27-16-21-22-23-27/h4-7,16,18H,2-3,8-15H2,1H3/t18-/m0/s1. The number of carbonyl (C=O) groups is 1. The molecule has 0 aliphatic carbocycles. The monoisotopic (exact) mass is 399 g/mol. The molecule has 0 N–H and O–H groups in total. The van der Waals surface area contributed by atoms with Crippen molar-refractivity contribution in [1.29, 1.82) is 0 Å². The molecule has 1 atom stereocenters. The van der Waals surface area contributed by atoms with Crippen molar-refractivity contribution in [2.24, 2.45) is 0 Å². The number of piperidine rings is 1. The summed E-state index contributed by atoms with van der Waals surface area (Å²) in [5, 5.41) is 11.1. The normalized spacial score (nSPS) is 20.7. The van der Waals surface area contributed by atoms with Gasteiger partial charge in [-0.05, 0) is 47.5 Å². The number of hydrogen-bond donors (Lipinski definition) is 0. The summed E-state index contributed by atoms with van der Waals surface area (Å²) in [4.78, 5) is 19.6. The van der Waals surface area contributed by atoms with Gasteiger partial charge in [0.15, 0.2) is 0 Å². The highest BCUT2D eigenvalue weighted by molar-refractivity contribution is 5.76. The summed E-state index contributed by atoms with van der Waals surface area (Å²) in [7, 11) is 1.69. The molecule has 29 heavy (non-hydrogen) atoms. The van der Waals surface area contributed by atoms with E-state index in [1.807, 2.05) is 17.0 Å². The van der Waals surface area contributed by atoms with Crippen LogP contribution in [0.5, 0.6) is 5.75 Å². The predicted octanol–water partition coefficient (Wildman–Crippen LogP) is 0.885. The second-order valence-electron chi connectivity index (χ2n) is 7.68. The molecule has 0 spiro atoms. The van der Waals surface area contributed by atoms with Gasteiger partial charge in [0, 0.05) is 57.4 Å². The predicted molar refractivity (Wildman–Crippen MR) is 109 cm³/mol. The van der Waals surface area contributed by atoms with Crippen LogP contribution in [0.4, 0.5) is 5.69 Å². The summed E-state index contributed by atoms with van der Waals surface area (Å²) in [6, 6.07) is 8.74. The Morgan fingerprint density at radius 3 is 2.62 bits per heavy atom. The van der Waals surface area contributed by atoms with Crippen LogP contribution in [0.2, 0.25) is 0 Å². The molecule has 0 radical (unpaired) electrons. The van der Waals surface area contributed by atoms with Crippen molar-refractivity contribution in [3.05, 3.63) is 30.6 Å². The molecule has 156 valence electrons. The number of likely N-dealkylation sites (tertiary alicyclic amines) is 1. The zero-order chi connectivity index (χ0) is 20.1. The minimum atomic E-state index is 0.196. The number of tetrazole rings is 1. The minimum absolute atomic E-state index is 0.196. The van der Waals surface area contributed by atoms with Gasteiger partial charge >= 0.3 is 0 Å². The lowest BCUT2D eigenvalue weighted by Crippen LogP contribution is -2.56. The average molecular weight is 399 g/mol. The molecule has 4 rings (SSSR count). The number of piperazine rings is 1. The van der Waals surface area contributed by atoms with Gasteiger partial charge in [-0.25, -0.2) is 4.68 Å². The van der Waals surface area contributed by atoms with Gasteiger partial charge < -0.3 is 14.5 Å². The van der Waals surface area contributed by atoms with Crippen LogP contribution in [0.15, 0.2) is 30.6 Å². The van der Waals surface area contributed by atoms with Gasteiger partial charge in [0.05, 0.1) is 13.7 Å². The summed E-state index contributed by atoms with van der Waals surface area (Å²) in [6.45, 7) is 6.31. The van der Waals surface area contributed by atoms with Gasteiger partial charge in [0.25, 0.3) is 0 Å². The molecular weight excluding hydrogens is 370 g/mol. The lowest BCUT2D eigenvalue weighted by atomic mass is 10.0. The molecule has 2 aliphatic heterocycles. The average Bonchev–Trinajstić information content (AvgIpc) is 3.31. The minimum Gasteiger partial charge on any atom is -0.497 e. The van der Waals surface area contributed by atoms with Gasteiger partial charge in [-0.15, -0.1) is 5.10 Å². The Balaban J connectivity index is 1.26. The SMILES string of the molecule is COc1ccc(N2CCN([C@H]3CCCN(C(=O)CCn4cnnn4)C3)CC2)cc1.